The maximum absolute atomic E-state index is 12.5. The van der Waals surface area contributed by atoms with Gasteiger partial charge in [0.2, 0.25) is 11.8 Å². The topological polar surface area (TPSA) is 74.3 Å². The van der Waals surface area contributed by atoms with Gasteiger partial charge in [0.05, 0.1) is 12.6 Å². The minimum Gasteiger partial charge on any atom is -0.324 e. The first kappa shape index (κ1) is 20.1. The van der Waals surface area contributed by atoms with Gasteiger partial charge in [-0.25, -0.2) is 4.98 Å². The second-order valence-corrected chi connectivity index (χ2v) is 7.22. The predicted molar refractivity (Wildman–Crippen MR) is 107 cm³/mol. The van der Waals surface area contributed by atoms with E-state index in [1.807, 2.05) is 32.0 Å². The molecule has 1 heterocycles. The fourth-order valence-electron chi connectivity index (χ4n) is 2.30. The summed E-state index contributed by atoms with van der Waals surface area (Å²) < 4.78 is 0.837. The Hall–Kier alpha value is -2.25. The monoisotopic (exact) mass is 418 g/mol. The van der Waals surface area contributed by atoms with Crippen molar-refractivity contribution in [2.45, 2.75) is 26.8 Å². The SMILES string of the molecule is Cc1ccc(C)c(NC(=O)C(C)N(C)CC(=O)Nc2ccc(Br)cn2)c1. The predicted octanol–water partition coefficient (Wildman–Crippen LogP) is 3.36. The average molecular weight is 419 g/mol. The minimum absolute atomic E-state index is 0.0825. The fraction of sp³-hybridized carbons (Fsp3) is 0.316. The van der Waals surface area contributed by atoms with Crippen molar-refractivity contribution in [3.63, 3.8) is 0 Å². The number of halogens is 1. The van der Waals surface area contributed by atoms with Gasteiger partial charge in [0.15, 0.2) is 0 Å². The van der Waals surface area contributed by atoms with E-state index in [1.54, 1.807) is 37.2 Å². The number of benzene rings is 1. The molecule has 2 amide bonds. The van der Waals surface area contributed by atoms with Crippen LogP contribution in [0.25, 0.3) is 0 Å². The molecule has 0 fully saturated rings. The van der Waals surface area contributed by atoms with Crippen molar-refractivity contribution in [2.75, 3.05) is 24.2 Å². The van der Waals surface area contributed by atoms with E-state index < -0.39 is 6.04 Å². The smallest absolute Gasteiger partial charge is 0.241 e. The third kappa shape index (κ3) is 5.64. The summed E-state index contributed by atoms with van der Waals surface area (Å²) >= 11 is 3.30. The van der Waals surface area contributed by atoms with Crippen LogP contribution >= 0.6 is 15.9 Å². The number of nitrogens with one attached hydrogen (secondary N) is 2. The number of anilines is 2. The summed E-state index contributed by atoms with van der Waals surface area (Å²) in [6.07, 6.45) is 1.61. The lowest BCUT2D eigenvalue weighted by molar-refractivity contribution is -0.122. The Morgan fingerprint density at radius 1 is 1.19 bits per heavy atom. The van der Waals surface area contributed by atoms with Gasteiger partial charge in [0.25, 0.3) is 0 Å². The standard InChI is InChI=1S/C19H23BrN4O2/c1-12-5-6-13(2)16(9-12)22-19(26)14(3)24(4)11-18(25)23-17-8-7-15(20)10-21-17/h5-10,14H,11H2,1-4H3,(H,22,26)(H,21,23,25). The molecule has 7 heteroatoms. The number of likely N-dealkylation sites (N-methyl/N-ethyl adjacent to an activating group) is 1. The summed E-state index contributed by atoms with van der Waals surface area (Å²) in [6.45, 7) is 5.78. The Morgan fingerprint density at radius 2 is 1.92 bits per heavy atom. The maximum Gasteiger partial charge on any atom is 0.241 e. The van der Waals surface area contributed by atoms with Gasteiger partial charge in [0.1, 0.15) is 5.82 Å². The number of carbonyl (C=O) groups is 2. The van der Waals surface area contributed by atoms with Crippen LogP contribution in [-0.4, -0.2) is 41.3 Å². The third-order valence-electron chi connectivity index (χ3n) is 4.08. The number of pyridine rings is 1. The van der Waals surface area contributed by atoms with Crippen molar-refractivity contribution in [3.05, 3.63) is 52.1 Å². The molecule has 0 bridgehead atoms. The molecule has 1 aromatic carbocycles. The van der Waals surface area contributed by atoms with Crippen LogP contribution in [0, 0.1) is 13.8 Å². The number of rotatable bonds is 6. The van der Waals surface area contributed by atoms with Crippen molar-refractivity contribution in [1.82, 2.24) is 9.88 Å². The minimum atomic E-state index is -0.460. The number of aryl methyl sites for hydroxylation is 2. The third-order valence-corrected chi connectivity index (χ3v) is 4.55. The molecule has 0 aliphatic rings. The highest BCUT2D eigenvalue weighted by Gasteiger charge is 2.21. The first-order valence-electron chi connectivity index (χ1n) is 8.26. The first-order chi connectivity index (χ1) is 12.3. The molecule has 138 valence electrons. The van der Waals surface area contributed by atoms with Crippen LogP contribution in [0.4, 0.5) is 11.5 Å². The van der Waals surface area contributed by atoms with E-state index in [0.717, 1.165) is 21.3 Å². The van der Waals surface area contributed by atoms with Crippen molar-refractivity contribution in [2.24, 2.45) is 0 Å². The molecule has 0 aliphatic carbocycles. The summed E-state index contributed by atoms with van der Waals surface area (Å²) in [5.41, 5.74) is 2.87. The molecule has 0 radical (unpaired) electrons. The van der Waals surface area contributed by atoms with Gasteiger partial charge in [-0.05, 0) is 73.1 Å². The summed E-state index contributed by atoms with van der Waals surface area (Å²) in [6, 6.07) is 8.95. The van der Waals surface area contributed by atoms with E-state index in [4.69, 9.17) is 0 Å². The second kappa shape index (κ2) is 8.91. The van der Waals surface area contributed by atoms with Gasteiger partial charge < -0.3 is 10.6 Å². The van der Waals surface area contributed by atoms with E-state index in [2.05, 4.69) is 31.5 Å². The van der Waals surface area contributed by atoms with E-state index in [9.17, 15) is 9.59 Å². The fourth-order valence-corrected chi connectivity index (χ4v) is 2.54. The van der Waals surface area contributed by atoms with Gasteiger partial charge in [-0.3, -0.25) is 14.5 Å². The highest BCUT2D eigenvalue weighted by Crippen LogP contribution is 2.17. The number of aromatic nitrogens is 1. The summed E-state index contributed by atoms with van der Waals surface area (Å²) in [5, 5.41) is 5.65. The normalized spacial score (nSPS) is 11.9. The highest BCUT2D eigenvalue weighted by molar-refractivity contribution is 9.10. The molecule has 1 atom stereocenters. The first-order valence-corrected chi connectivity index (χ1v) is 9.05. The zero-order chi connectivity index (χ0) is 19.3. The van der Waals surface area contributed by atoms with Crippen LogP contribution in [0.15, 0.2) is 41.0 Å². The molecular formula is C19H23BrN4O2. The molecule has 0 saturated carbocycles. The molecule has 1 unspecified atom stereocenters. The van der Waals surface area contributed by atoms with Crippen LogP contribution in [0.5, 0.6) is 0 Å². The van der Waals surface area contributed by atoms with Crippen LogP contribution in [-0.2, 0) is 9.59 Å². The molecule has 0 spiro atoms. The van der Waals surface area contributed by atoms with Gasteiger partial charge in [0, 0.05) is 16.4 Å². The van der Waals surface area contributed by atoms with Crippen LogP contribution in [0.1, 0.15) is 18.1 Å². The summed E-state index contributed by atoms with van der Waals surface area (Å²) in [7, 11) is 1.74. The number of amides is 2. The highest BCUT2D eigenvalue weighted by atomic mass is 79.9. The van der Waals surface area contributed by atoms with Gasteiger partial charge in [-0.2, -0.15) is 0 Å². The average Bonchev–Trinajstić information content (AvgIpc) is 2.59. The molecular weight excluding hydrogens is 396 g/mol. The van der Waals surface area contributed by atoms with E-state index in [0.29, 0.717) is 5.82 Å². The van der Waals surface area contributed by atoms with Crippen molar-refractivity contribution < 1.29 is 9.59 Å². The number of hydrogen-bond donors (Lipinski definition) is 2. The lowest BCUT2D eigenvalue weighted by atomic mass is 10.1. The van der Waals surface area contributed by atoms with Crippen LogP contribution in [0.2, 0.25) is 0 Å². The molecule has 2 rings (SSSR count). The zero-order valence-corrected chi connectivity index (χ0v) is 16.9. The number of nitrogens with zero attached hydrogens (tertiary/aromatic N) is 2. The Labute approximate surface area is 162 Å². The molecule has 0 saturated heterocycles. The van der Waals surface area contributed by atoms with Crippen LogP contribution in [0.3, 0.4) is 0 Å². The molecule has 2 N–H and O–H groups in total. The van der Waals surface area contributed by atoms with E-state index in [-0.39, 0.29) is 18.4 Å². The maximum atomic E-state index is 12.5. The van der Waals surface area contributed by atoms with Crippen LogP contribution < -0.4 is 10.6 Å². The Balaban J connectivity index is 1.92. The van der Waals surface area contributed by atoms with Crippen molar-refractivity contribution >= 4 is 39.2 Å². The lowest BCUT2D eigenvalue weighted by Gasteiger charge is -2.23. The van der Waals surface area contributed by atoms with E-state index >= 15 is 0 Å². The summed E-state index contributed by atoms with van der Waals surface area (Å²) in [5.74, 6) is 0.0866. The molecule has 0 aliphatic heterocycles. The largest absolute Gasteiger partial charge is 0.324 e. The number of carbonyl (C=O) groups excluding carboxylic acids is 2. The zero-order valence-electron chi connectivity index (χ0n) is 15.3. The molecule has 26 heavy (non-hydrogen) atoms. The number of hydrogen-bond acceptors (Lipinski definition) is 4. The van der Waals surface area contributed by atoms with Crippen molar-refractivity contribution in [1.29, 1.82) is 0 Å². The summed E-state index contributed by atoms with van der Waals surface area (Å²) in [4.78, 5) is 30.4. The van der Waals surface area contributed by atoms with Gasteiger partial charge >= 0.3 is 0 Å². The Kier molecular flexibility index (Phi) is 6.88. The van der Waals surface area contributed by atoms with Gasteiger partial charge in [-0.1, -0.05) is 12.1 Å². The van der Waals surface area contributed by atoms with Crippen molar-refractivity contribution in [3.8, 4) is 0 Å². The molecule has 6 nitrogen and oxygen atoms in total. The second-order valence-electron chi connectivity index (χ2n) is 6.31. The van der Waals surface area contributed by atoms with E-state index in [1.165, 1.54) is 0 Å². The van der Waals surface area contributed by atoms with Gasteiger partial charge in [-0.15, -0.1) is 0 Å². The molecule has 2 aromatic rings. The lowest BCUT2D eigenvalue weighted by Crippen LogP contribution is -2.43. The molecule has 1 aromatic heterocycles. The quantitative estimate of drug-likeness (QED) is 0.753. The Morgan fingerprint density at radius 3 is 2.58 bits per heavy atom. The Bertz CT molecular complexity index is 793.